The maximum absolute atomic E-state index is 13.0. The number of para-hydroxylation sites is 1. The SMILES string of the molecule is CCOC(=O)C(=[N+]=[N-])C(=O)N(C(=O)c1ccc(OC)cc1)c1ccccc1. The minimum absolute atomic E-state index is 0.0249. The second-order valence-electron chi connectivity index (χ2n) is 5.18. The molecule has 0 aliphatic carbocycles. The number of hydrogen-bond acceptors (Lipinski definition) is 5. The van der Waals surface area contributed by atoms with Crippen LogP contribution in [-0.4, -0.2) is 42.0 Å². The third-order valence-corrected chi connectivity index (χ3v) is 3.53. The molecule has 0 aliphatic heterocycles. The van der Waals surface area contributed by atoms with E-state index in [1.54, 1.807) is 30.3 Å². The zero-order valence-corrected chi connectivity index (χ0v) is 14.8. The average Bonchev–Trinajstić information content (AvgIpc) is 2.70. The minimum Gasteiger partial charge on any atom is -0.497 e. The standard InChI is InChI=1S/C19H17N3O5/c1-3-27-19(25)16(21-20)18(24)22(14-7-5-4-6-8-14)17(23)13-9-11-15(26-2)12-10-13/h4-12H,3H2,1-2H3. The number of benzene rings is 2. The summed E-state index contributed by atoms with van der Waals surface area (Å²) < 4.78 is 9.76. The van der Waals surface area contributed by atoms with Crippen LogP contribution in [0, 0.1) is 0 Å². The van der Waals surface area contributed by atoms with Crippen molar-refractivity contribution < 1.29 is 28.6 Å². The predicted octanol–water partition coefficient (Wildman–Crippen LogP) is 2.10. The Bertz CT molecular complexity index is 887. The number of amides is 2. The maximum Gasteiger partial charge on any atom is 0.463 e. The predicted molar refractivity (Wildman–Crippen MR) is 96.5 cm³/mol. The Labute approximate surface area is 155 Å². The summed E-state index contributed by atoms with van der Waals surface area (Å²) >= 11 is 0. The number of imide groups is 1. The molecule has 0 N–H and O–H groups in total. The molecule has 0 atom stereocenters. The van der Waals surface area contributed by atoms with Gasteiger partial charge in [-0.1, -0.05) is 18.2 Å². The number of ether oxygens (including phenoxy) is 2. The molecule has 2 rings (SSSR count). The van der Waals surface area contributed by atoms with Gasteiger partial charge in [0, 0.05) is 5.56 Å². The fourth-order valence-corrected chi connectivity index (χ4v) is 2.24. The molecule has 0 saturated heterocycles. The quantitative estimate of drug-likeness (QED) is 0.255. The summed E-state index contributed by atoms with van der Waals surface area (Å²) in [6.07, 6.45) is 0. The Morgan fingerprint density at radius 2 is 1.67 bits per heavy atom. The Hall–Kier alpha value is -3.77. The zero-order chi connectivity index (χ0) is 19.8. The molecule has 8 nitrogen and oxygen atoms in total. The van der Waals surface area contributed by atoms with Crippen LogP contribution in [0.5, 0.6) is 5.75 Å². The van der Waals surface area contributed by atoms with Gasteiger partial charge in [0.15, 0.2) is 0 Å². The van der Waals surface area contributed by atoms with Crippen molar-refractivity contribution in [3.63, 3.8) is 0 Å². The van der Waals surface area contributed by atoms with Crippen molar-refractivity contribution in [2.75, 3.05) is 18.6 Å². The first kappa shape index (κ1) is 19.6. The molecule has 138 valence electrons. The van der Waals surface area contributed by atoms with Crippen LogP contribution in [0.15, 0.2) is 54.6 Å². The van der Waals surface area contributed by atoms with Gasteiger partial charge < -0.3 is 15.0 Å². The molecular formula is C19H17N3O5. The van der Waals surface area contributed by atoms with E-state index in [1.165, 1.54) is 38.3 Å². The van der Waals surface area contributed by atoms with E-state index >= 15 is 0 Å². The van der Waals surface area contributed by atoms with Crippen LogP contribution in [-0.2, 0) is 14.3 Å². The van der Waals surface area contributed by atoms with Gasteiger partial charge >= 0.3 is 17.6 Å². The molecule has 0 aliphatic rings. The van der Waals surface area contributed by atoms with E-state index in [1.807, 2.05) is 0 Å². The zero-order valence-electron chi connectivity index (χ0n) is 14.8. The maximum atomic E-state index is 13.0. The minimum atomic E-state index is -1.13. The van der Waals surface area contributed by atoms with Crippen molar-refractivity contribution in [1.82, 2.24) is 0 Å². The van der Waals surface area contributed by atoms with Gasteiger partial charge in [-0.2, -0.15) is 4.79 Å². The highest BCUT2D eigenvalue weighted by molar-refractivity contribution is 6.66. The summed E-state index contributed by atoms with van der Waals surface area (Å²) in [4.78, 5) is 41.2. The van der Waals surface area contributed by atoms with E-state index in [9.17, 15) is 14.4 Å². The first-order valence-electron chi connectivity index (χ1n) is 8.00. The lowest BCUT2D eigenvalue weighted by atomic mass is 10.1. The first-order chi connectivity index (χ1) is 13.0. The van der Waals surface area contributed by atoms with E-state index in [2.05, 4.69) is 4.79 Å². The lowest BCUT2D eigenvalue weighted by Gasteiger charge is -2.19. The molecular weight excluding hydrogens is 350 g/mol. The molecule has 0 spiro atoms. The highest BCUT2D eigenvalue weighted by Crippen LogP contribution is 2.19. The average molecular weight is 367 g/mol. The Balaban J connectivity index is 2.48. The largest absolute Gasteiger partial charge is 0.497 e. The Morgan fingerprint density at radius 3 is 2.19 bits per heavy atom. The first-order valence-corrected chi connectivity index (χ1v) is 8.00. The monoisotopic (exact) mass is 367 g/mol. The fraction of sp³-hybridized carbons (Fsp3) is 0.158. The normalized spacial score (nSPS) is 9.70. The number of anilines is 1. The van der Waals surface area contributed by atoms with Crippen LogP contribution >= 0.6 is 0 Å². The van der Waals surface area contributed by atoms with Crippen LogP contribution in [0.2, 0.25) is 0 Å². The lowest BCUT2D eigenvalue weighted by Crippen LogP contribution is -2.45. The molecule has 2 amide bonds. The summed E-state index contributed by atoms with van der Waals surface area (Å²) in [6, 6.07) is 14.1. The van der Waals surface area contributed by atoms with E-state index < -0.39 is 23.5 Å². The van der Waals surface area contributed by atoms with E-state index in [0.717, 1.165) is 4.90 Å². The second kappa shape index (κ2) is 9.07. The molecule has 0 bridgehead atoms. The van der Waals surface area contributed by atoms with Gasteiger partial charge in [-0.3, -0.25) is 9.59 Å². The van der Waals surface area contributed by atoms with Crippen molar-refractivity contribution in [3.8, 4) is 5.75 Å². The van der Waals surface area contributed by atoms with Crippen molar-refractivity contribution >= 4 is 29.2 Å². The highest BCUT2D eigenvalue weighted by Gasteiger charge is 2.39. The van der Waals surface area contributed by atoms with E-state index in [-0.39, 0.29) is 17.9 Å². The summed E-state index contributed by atoms with van der Waals surface area (Å²) in [7, 11) is 1.49. The third kappa shape index (κ3) is 4.45. The number of hydrogen-bond donors (Lipinski definition) is 0. The Kier molecular flexibility index (Phi) is 6.57. The summed E-state index contributed by atoms with van der Waals surface area (Å²) in [5, 5.41) is 0. The Morgan fingerprint density at radius 1 is 1.04 bits per heavy atom. The van der Waals surface area contributed by atoms with Crippen LogP contribution in [0.25, 0.3) is 5.53 Å². The molecule has 0 heterocycles. The molecule has 0 aromatic heterocycles. The summed E-state index contributed by atoms with van der Waals surface area (Å²) in [5.74, 6) is -2.41. The summed E-state index contributed by atoms with van der Waals surface area (Å²) in [5.41, 5.74) is 8.60. The smallest absolute Gasteiger partial charge is 0.463 e. The molecule has 8 heteroatoms. The van der Waals surface area contributed by atoms with Crippen molar-refractivity contribution in [2.24, 2.45) is 0 Å². The molecule has 27 heavy (non-hydrogen) atoms. The van der Waals surface area contributed by atoms with Gasteiger partial charge in [0.25, 0.3) is 5.91 Å². The molecule has 0 radical (unpaired) electrons. The number of rotatable bonds is 6. The van der Waals surface area contributed by atoms with Gasteiger partial charge in [0.2, 0.25) is 0 Å². The van der Waals surface area contributed by atoms with Gasteiger partial charge in [0.05, 0.1) is 19.4 Å². The molecule has 0 saturated carbocycles. The fourth-order valence-electron chi connectivity index (χ4n) is 2.24. The molecule has 0 unspecified atom stereocenters. The third-order valence-electron chi connectivity index (χ3n) is 3.53. The number of esters is 1. The van der Waals surface area contributed by atoms with Gasteiger partial charge in [0.1, 0.15) is 5.75 Å². The van der Waals surface area contributed by atoms with E-state index in [0.29, 0.717) is 5.75 Å². The highest BCUT2D eigenvalue weighted by atomic mass is 16.5. The molecule has 0 fully saturated rings. The number of carbonyl (C=O) groups excluding carboxylic acids is 3. The number of methoxy groups -OCH3 is 1. The van der Waals surface area contributed by atoms with Crippen LogP contribution < -0.4 is 9.64 Å². The van der Waals surface area contributed by atoms with E-state index in [4.69, 9.17) is 15.0 Å². The van der Waals surface area contributed by atoms with Crippen LogP contribution in [0.3, 0.4) is 0 Å². The molecule has 2 aromatic rings. The van der Waals surface area contributed by atoms with Gasteiger partial charge in [-0.05, 0) is 43.3 Å². The van der Waals surface area contributed by atoms with Crippen molar-refractivity contribution in [2.45, 2.75) is 6.92 Å². The number of nitrogens with zero attached hydrogens (tertiary/aromatic N) is 3. The van der Waals surface area contributed by atoms with Crippen molar-refractivity contribution in [3.05, 3.63) is 65.7 Å². The second-order valence-corrected chi connectivity index (χ2v) is 5.18. The van der Waals surface area contributed by atoms with Gasteiger partial charge in [-0.25, -0.2) is 9.69 Å². The summed E-state index contributed by atoms with van der Waals surface area (Å²) in [6.45, 7) is 1.51. The molecule has 2 aromatic carbocycles. The van der Waals surface area contributed by atoms with Crippen LogP contribution in [0.1, 0.15) is 17.3 Å². The van der Waals surface area contributed by atoms with Gasteiger partial charge in [-0.15, -0.1) is 0 Å². The number of carbonyl (C=O) groups is 3. The van der Waals surface area contributed by atoms with Crippen molar-refractivity contribution in [1.29, 1.82) is 0 Å². The lowest BCUT2D eigenvalue weighted by molar-refractivity contribution is -0.141. The van der Waals surface area contributed by atoms with Crippen LogP contribution in [0.4, 0.5) is 5.69 Å². The topological polar surface area (TPSA) is 109 Å².